The Hall–Kier alpha value is -2.55. The lowest BCUT2D eigenvalue weighted by atomic mass is 10.2. The van der Waals surface area contributed by atoms with Gasteiger partial charge in [0.05, 0.1) is 17.1 Å². The molecule has 132 valence electrons. The molecule has 1 aliphatic heterocycles. The van der Waals surface area contributed by atoms with Crippen LogP contribution in [0.2, 0.25) is 0 Å². The van der Waals surface area contributed by atoms with Crippen LogP contribution >= 0.6 is 0 Å². The normalized spacial score (nSPS) is 18.7. The predicted molar refractivity (Wildman–Crippen MR) is 91.8 cm³/mol. The fraction of sp³-hybridized carbons (Fsp3) is 0.312. The second kappa shape index (κ2) is 6.75. The van der Waals surface area contributed by atoms with Gasteiger partial charge in [0.15, 0.2) is 9.84 Å². The summed E-state index contributed by atoms with van der Waals surface area (Å²) in [5.41, 5.74) is 0.558. The summed E-state index contributed by atoms with van der Waals surface area (Å²) in [6.07, 6.45) is 3.25. The van der Waals surface area contributed by atoms with Crippen molar-refractivity contribution in [1.82, 2.24) is 9.97 Å². The van der Waals surface area contributed by atoms with Crippen molar-refractivity contribution >= 4 is 27.4 Å². The molecule has 9 heteroatoms. The lowest BCUT2D eigenvalue weighted by Gasteiger charge is -2.23. The number of sulfone groups is 1. The topological polar surface area (TPSA) is 92.3 Å². The first-order valence-electron chi connectivity index (χ1n) is 7.66. The molecule has 0 bridgehead atoms. The fourth-order valence-electron chi connectivity index (χ4n) is 2.63. The Morgan fingerprint density at radius 3 is 2.64 bits per heavy atom. The number of nitrogens with zero attached hydrogens (tertiary/aromatic N) is 3. The minimum absolute atomic E-state index is 0.0780. The molecule has 1 fully saturated rings. The lowest BCUT2D eigenvalue weighted by molar-refractivity contribution is 0.102. The van der Waals surface area contributed by atoms with Crippen molar-refractivity contribution in [2.45, 2.75) is 12.5 Å². The number of aromatic nitrogens is 2. The molecule has 25 heavy (non-hydrogen) atoms. The molecule has 2 heterocycles. The van der Waals surface area contributed by atoms with Gasteiger partial charge in [-0.1, -0.05) is 6.07 Å². The highest BCUT2D eigenvalue weighted by molar-refractivity contribution is 7.91. The maximum Gasteiger partial charge on any atom is 0.258 e. The highest BCUT2D eigenvalue weighted by Crippen LogP contribution is 2.20. The Kier molecular flexibility index (Phi) is 4.67. The van der Waals surface area contributed by atoms with E-state index < -0.39 is 21.6 Å². The van der Waals surface area contributed by atoms with Gasteiger partial charge in [0, 0.05) is 31.2 Å². The molecular weight excluding hydrogens is 347 g/mol. The molecule has 1 saturated heterocycles. The molecule has 1 aromatic heterocycles. The Bertz CT molecular complexity index is 887. The number of anilines is 2. The lowest BCUT2D eigenvalue weighted by Crippen LogP contribution is -2.34. The molecule has 0 saturated carbocycles. The third kappa shape index (κ3) is 4.11. The molecule has 0 aliphatic carbocycles. The summed E-state index contributed by atoms with van der Waals surface area (Å²) in [6, 6.07) is 5.39. The van der Waals surface area contributed by atoms with Crippen molar-refractivity contribution in [3.8, 4) is 0 Å². The standard InChI is InChI=1S/C16H17FN4O3S/c1-21(14-5-6-25(23,24)10-14)16-18-8-11(9-19-16)15(22)20-13-4-2-3-12(17)7-13/h2-4,7-9,14H,5-6,10H2,1H3,(H,20,22). The van der Waals surface area contributed by atoms with Gasteiger partial charge in [-0.05, 0) is 24.6 Å². The second-order valence-electron chi connectivity index (χ2n) is 5.90. The van der Waals surface area contributed by atoms with Crippen LogP contribution < -0.4 is 10.2 Å². The Morgan fingerprint density at radius 2 is 2.04 bits per heavy atom. The van der Waals surface area contributed by atoms with E-state index in [0.29, 0.717) is 18.1 Å². The number of hydrogen-bond acceptors (Lipinski definition) is 6. The van der Waals surface area contributed by atoms with Crippen LogP contribution in [0, 0.1) is 5.82 Å². The fourth-order valence-corrected chi connectivity index (χ4v) is 4.41. The molecular formula is C16H17FN4O3S. The molecule has 3 rings (SSSR count). The average Bonchev–Trinajstić information content (AvgIpc) is 2.94. The number of carbonyl (C=O) groups is 1. The largest absolute Gasteiger partial charge is 0.340 e. The smallest absolute Gasteiger partial charge is 0.258 e. The highest BCUT2D eigenvalue weighted by atomic mass is 32.2. The Morgan fingerprint density at radius 1 is 1.32 bits per heavy atom. The van der Waals surface area contributed by atoms with E-state index in [-0.39, 0.29) is 23.1 Å². The highest BCUT2D eigenvalue weighted by Gasteiger charge is 2.31. The number of rotatable bonds is 4. The van der Waals surface area contributed by atoms with Crippen LogP contribution in [0.5, 0.6) is 0 Å². The summed E-state index contributed by atoms with van der Waals surface area (Å²) in [6.45, 7) is 0. The van der Waals surface area contributed by atoms with Crippen molar-refractivity contribution in [2.24, 2.45) is 0 Å². The van der Waals surface area contributed by atoms with Crippen molar-refractivity contribution in [3.63, 3.8) is 0 Å². The minimum atomic E-state index is -3.00. The summed E-state index contributed by atoms with van der Waals surface area (Å²) < 4.78 is 36.3. The number of benzene rings is 1. The molecule has 7 nitrogen and oxygen atoms in total. The Labute approximate surface area is 144 Å². The van der Waals surface area contributed by atoms with E-state index in [4.69, 9.17) is 0 Å². The van der Waals surface area contributed by atoms with E-state index in [9.17, 15) is 17.6 Å². The van der Waals surface area contributed by atoms with Crippen LogP contribution in [-0.4, -0.2) is 48.9 Å². The monoisotopic (exact) mass is 364 g/mol. The number of halogens is 1. The summed E-state index contributed by atoms with van der Waals surface area (Å²) in [5.74, 6) is -0.310. The van der Waals surface area contributed by atoms with Gasteiger partial charge in [0.25, 0.3) is 5.91 Å². The number of amides is 1. The molecule has 1 unspecified atom stereocenters. The van der Waals surface area contributed by atoms with Gasteiger partial charge in [-0.3, -0.25) is 4.79 Å². The van der Waals surface area contributed by atoms with Gasteiger partial charge in [-0.25, -0.2) is 22.8 Å². The van der Waals surface area contributed by atoms with Gasteiger partial charge in [0.2, 0.25) is 5.95 Å². The molecule has 1 aromatic carbocycles. The van der Waals surface area contributed by atoms with Crippen molar-refractivity contribution in [2.75, 3.05) is 28.8 Å². The second-order valence-corrected chi connectivity index (χ2v) is 8.13. The summed E-state index contributed by atoms with van der Waals surface area (Å²) in [7, 11) is -1.27. The first-order valence-corrected chi connectivity index (χ1v) is 9.48. The molecule has 1 aliphatic rings. The third-order valence-electron chi connectivity index (χ3n) is 4.05. The predicted octanol–water partition coefficient (Wildman–Crippen LogP) is 1.49. The maximum absolute atomic E-state index is 13.1. The van der Waals surface area contributed by atoms with E-state index in [0.717, 1.165) is 0 Å². The van der Waals surface area contributed by atoms with Gasteiger partial charge in [0.1, 0.15) is 5.82 Å². The van der Waals surface area contributed by atoms with Crippen LogP contribution in [0.4, 0.5) is 16.0 Å². The van der Waals surface area contributed by atoms with Gasteiger partial charge in [-0.15, -0.1) is 0 Å². The first-order chi connectivity index (χ1) is 11.8. The quantitative estimate of drug-likeness (QED) is 0.884. The first kappa shape index (κ1) is 17.3. The molecule has 0 spiro atoms. The van der Waals surface area contributed by atoms with E-state index in [1.165, 1.54) is 30.6 Å². The molecule has 2 aromatic rings. The van der Waals surface area contributed by atoms with Gasteiger partial charge < -0.3 is 10.2 Å². The average molecular weight is 364 g/mol. The van der Waals surface area contributed by atoms with Crippen molar-refractivity contribution in [3.05, 3.63) is 48.0 Å². The zero-order valence-corrected chi connectivity index (χ0v) is 14.3. The molecule has 1 N–H and O–H groups in total. The van der Waals surface area contributed by atoms with Crippen molar-refractivity contribution in [1.29, 1.82) is 0 Å². The SMILES string of the molecule is CN(c1ncc(C(=O)Nc2cccc(F)c2)cn1)C1CCS(=O)(=O)C1. The summed E-state index contributed by atoms with van der Waals surface area (Å²) in [5, 5.41) is 2.56. The zero-order chi connectivity index (χ0) is 18.0. The van der Waals surface area contributed by atoms with Crippen LogP contribution in [0.1, 0.15) is 16.8 Å². The van der Waals surface area contributed by atoms with Crippen molar-refractivity contribution < 1.29 is 17.6 Å². The van der Waals surface area contributed by atoms with E-state index in [1.54, 1.807) is 18.0 Å². The zero-order valence-electron chi connectivity index (χ0n) is 13.5. The maximum atomic E-state index is 13.1. The molecule has 1 amide bonds. The van der Waals surface area contributed by atoms with E-state index in [2.05, 4.69) is 15.3 Å². The van der Waals surface area contributed by atoms with E-state index >= 15 is 0 Å². The van der Waals surface area contributed by atoms with Crippen LogP contribution in [0.25, 0.3) is 0 Å². The third-order valence-corrected chi connectivity index (χ3v) is 5.80. The molecule has 1 atom stereocenters. The minimum Gasteiger partial charge on any atom is -0.340 e. The van der Waals surface area contributed by atoms with Crippen LogP contribution in [-0.2, 0) is 9.84 Å². The van der Waals surface area contributed by atoms with Gasteiger partial charge in [-0.2, -0.15) is 0 Å². The summed E-state index contributed by atoms with van der Waals surface area (Å²) in [4.78, 5) is 22.1. The number of nitrogens with one attached hydrogen (secondary N) is 1. The summed E-state index contributed by atoms with van der Waals surface area (Å²) >= 11 is 0. The van der Waals surface area contributed by atoms with Crippen LogP contribution in [0.15, 0.2) is 36.7 Å². The molecule has 0 radical (unpaired) electrons. The number of hydrogen-bond donors (Lipinski definition) is 1. The van der Waals surface area contributed by atoms with Gasteiger partial charge >= 0.3 is 0 Å². The Balaban J connectivity index is 1.68. The van der Waals surface area contributed by atoms with E-state index in [1.807, 2.05) is 0 Å². The number of carbonyl (C=O) groups excluding carboxylic acids is 1. The van der Waals surface area contributed by atoms with Crippen LogP contribution in [0.3, 0.4) is 0 Å².